The van der Waals surface area contributed by atoms with Crippen molar-refractivity contribution in [3.05, 3.63) is 92.8 Å². The Morgan fingerprint density at radius 2 is 1.97 bits per heavy atom. The van der Waals surface area contributed by atoms with Gasteiger partial charge in [-0.25, -0.2) is 4.39 Å². The number of aromatic carboxylic acids is 1. The maximum atomic E-state index is 14.1. The van der Waals surface area contributed by atoms with Crippen LogP contribution < -0.4 is 39.4 Å². The number of carboxylic acids is 1. The number of aromatic nitrogens is 2. The second kappa shape index (κ2) is 10.1. The molecule has 5 nitrogen and oxygen atoms in total. The van der Waals surface area contributed by atoms with Crippen molar-refractivity contribution in [3.63, 3.8) is 0 Å². The van der Waals surface area contributed by atoms with Crippen LogP contribution in [0.3, 0.4) is 0 Å². The molecule has 0 unspecified atom stereocenters. The fraction of sp³-hybridized carbons (Fsp3) is 0.0909. The summed E-state index contributed by atoms with van der Waals surface area (Å²) in [6, 6.07) is 14.8. The fourth-order valence-electron chi connectivity index (χ4n) is 3.18. The first-order valence-electron chi connectivity index (χ1n) is 8.93. The Hall–Kier alpha value is -1.90. The summed E-state index contributed by atoms with van der Waals surface area (Å²) in [7, 11) is 0. The first-order chi connectivity index (χ1) is 14.4. The minimum Gasteiger partial charge on any atom is -0.545 e. The summed E-state index contributed by atoms with van der Waals surface area (Å²) in [5, 5.41) is 16.5. The van der Waals surface area contributed by atoms with Gasteiger partial charge in [-0.2, -0.15) is 5.10 Å². The molecule has 1 aromatic heterocycles. The Kier molecular flexibility index (Phi) is 7.78. The quantitative estimate of drug-likeness (QED) is 0.369. The molecule has 0 saturated carbocycles. The van der Waals surface area contributed by atoms with E-state index in [0.29, 0.717) is 33.8 Å². The molecule has 9 heteroatoms. The molecule has 0 fully saturated rings. The number of carbonyl (C=O) groups is 1. The molecule has 3 aromatic carbocycles. The average molecular weight is 512 g/mol. The second-order valence-electron chi connectivity index (χ2n) is 6.60. The van der Waals surface area contributed by atoms with Gasteiger partial charge in [0.2, 0.25) is 0 Å². The van der Waals surface area contributed by atoms with E-state index in [1.165, 1.54) is 18.3 Å². The third kappa shape index (κ3) is 5.30. The van der Waals surface area contributed by atoms with Gasteiger partial charge in [-0.05, 0) is 36.4 Å². The molecule has 0 aliphatic carbocycles. The van der Waals surface area contributed by atoms with Crippen LogP contribution >= 0.6 is 27.5 Å². The van der Waals surface area contributed by atoms with Gasteiger partial charge in [-0.3, -0.25) is 4.68 Å². The summed E-state index contributed by atoms with van der Waals surface area (Å²) >= 11 is 9.25. The zero-order chi connectivity index (χ0) is 21.3. The molecule has 152 valence electrons. The van der Waals surface area contributed by atoms with Crippen molar-refractivity contribution in [2.45, 2.75) is 13.2 Å². The van der Waals surface area contributed by atoms with Crippen LogP contribution in [0.25, 0.3) is 10.9 Å². The predicted molar refractivity (Wildman–Crippen MR) is 113 cm³/mol. The van der Waals surface area contributed by atoms with Gasteiger partial charge in [0.05, 0.1) is 24.2 Å². The van der Waals surface area contributed by atoms with E-state index in [1.807, 2.05) is 12.1 Å². The molecule has 0 radical (unpaired) electrons. The first kappa shape index (κ1) is 23.8. The van der Waals surface area contributed by atoms with Crippen molar-refractivity contribution in [2.75, 3.05) is 0 Å². The number of hydrogen-bond donors (Lipinski definition) is 0. The Morgan fingerprint density at radius 3 is 2.71 bits per heavy atom. The minimum atomic E-state index is -1.25. The summed E-state index contributed by atoms with van der Waals surface area (Å²) in [6.07, 6.45) is 1.50. The maximum absolute atomic E-state index is 14.1. The number of rotatable bonds is 6. The SMILES string of the molecule is O=C([O-])c1cccc2c1cnn2Cc1cc(Br)ccc1OCc1ccc(Cl)cc1F.[Na+]. The normalized spacial score (nSPS) is 10.7. The molecule has 31 heavy (non-hydrogen) atoms. The van der Waals surface area contributed by atoms with E-state index in [2.05, 4.69) is 21.0 Å². The van der Waals surface area contributed by atoms with Crippen LogP contribution in [-0.4, -0.2) is 15.7 Å². The molecule has 0 aliphatic heterocycles. The van der Waals surface area contributed by atoms with Gasteiger partial charge in [0.15, 0.2) is 0 Å². The van der Waals surface area contributed by atoms with E-state index in [1.54, 1.807) is 35.0 Å². The zero-order valence-electron chi connectivity index (χ0n) is 16.4. The second-order valence-corrected chi connectivity index (χ2v) is 7.96. The van der Waals surface area contributed by atoms with E-state index in [-0.39, 0.29) is 41.7 Å². The predicted octanol–water partition coefficient (Wildman–Crippen LogP) is 1.59. The van der Waals surface area contributed by atoms with E-state index in [0.717, 1.165) is 10.0 Å². The van der Waals surface area contributed by atoms with Crippen LogP contribution in [0.4, 0.5) is 4.39 Å². The van der Waals surface area contributed by atoms with Crippen molar-refractivity contribution in [1.29, 1.82) is 0 Å². The van der Waals surface area contributed by atoms with Gasteiger partial charge < -0.3 is 14.6 Å². The largest absolute Gasteiger partial charge is 1.00 e. The summed E-state index contributed by atoms with van der Waals surface area (Å²) in [5.74, 6) is -1.13. The van der Waals surface area contributed by atoms with Crippen LogP contribution in [-0.2, 0) is 13.2 Å². The Bertz CT molecular complexity index is 1260. The first-order valence-corrected chi connectivity index (χ1v) is 10.1. The minimum absolute atomic E-state index is 0. The van der Waals surface area contributed by atoms with E-state index >= 15 is 0 Å². The molecule has 0 bridgehead atoms. The molecular formula is C22H14BrClFN2NaO3. The molecule has 0 aliphatic rings. The number of ether oxygens (including phenoxy) is 1. The molecule has 4 rings (SSSR count). The van der Waals surface area contributed by atoms with Crippen LogP contribution in [0.2, 0.25) is 5.02 Å². The smallest absolute Gasteiger partial charge is 0.545 e. The Morgan fingerprint density at radius 1 is 1.16 bits per heavy atom. The summed E-state index contributed by atoms with van der Waals surface area (Å²) in [5.41, 5.74) is 1.92. The van der Waals surface area contributed by atoms with Gasteiger partial charge in [0.1, 0.15) is 18.2 Å². The van der Waals surface area contributed by atoms with Gasteiger partial charge in [-0.1, -0.05) is 45.7 Å². The maximum Gasteiger partial charge on any atom is 1.00 e. The van der Waals surface area contributed by atoms with Crippen molar-refractivity contribution in [2.24, 2.45) is 0 Å². The van der Waals surface area contributed by atoms with Gasteiger partial charge in [0, 0.05) is 31.6 Å². The number of fused-ring (bicyclic) bond motifs is 1. The number of carboxylic acid groups (broad SMARTS) is 1. The Labute approximate surface area is 213 Å². The summed E-state index contributed by atoms with van der Waals surface area (Å²) in [6.45, 7) is 0.365. The molecule has 0 spiro atoms. The topological polar surface area (TPSA) is 67.2 Å². The van der Waals surface area contributed by atoms with E-state index in [4.69, 9.17) is 16.3 Å². The number of hydrogen-bond acceptors (Lipinski definition) is 4. The molecule has 0 saturated heterocycles. The van der Waals surface area contributed by atoms with Gasteiger partial charge >= 0.3 is 29.6 Å². The van der Waals surface area contributed by atoms with Crippen LogP contribution in [0, 0.1) is 5.82 Å². The third-order valence-corrected chi connectivity index (χ3v) is 5.38. The average Bonchev–Trinajstić information content (AvgIpc) is 3.11. The van der Waals surface area contributed by atoms with Crippen molar-refractivity contribution < 1.29 is 48.6 Å². The van der Waals surface area contributed by atoms with Crippen LogP contribution in [0.15, 0.2) is 65.3 Å². The third-order valence-electron chi connectivity index (χ3n) is 4.65. The van der Waals surface area contributed by atoms with Crippen molar-refractivity contribution in [3.8, 4) is 5.75 Å². The number of nitrogens with zero attached hydrogens (tertiary/aromatic N) is 2. The molecule has 0 amide bonds. The van der Waals surface area contributed by atoms with E-state index < -0.39 is 11.8 Å². The zero-order valence-corrected chi connectivity index (χ0v) is 20.8. The fourth-order valence-corrected chi connectivity index (χ4v) is 3.74. The van der Waals surface area contributed by atoms with Crippen LogP contribution in [0.1, 0.15) is 21.5 Å². The van der Waals surface area contributed by atoms with Crippen molar-refractivity contribution >= 4 is 44.4 Å². The summed E-state index contributed by atoms with van der Waals surface area (Å²) in [4.78, 5) is 11.3. The van der Waals surface area contributed by atoms with Gasteiger partial charge in [-0.15, -0.1) is 0 Å². The summed E-state index contributed by atoms with van der Waals surface area (Å²) < 4.78 is 22.5. The number of carbonyl (C=O) groups excluding carboxylic acids is 1. The van der Waals surface area contributed by atoms with Crippen molar-refractivity contribution in [1.82, 2.24) is 9.78 Å². The monoisotopic (exact) mass is 510 g/mol. The molecular weight excluding hydrogens is 498 g/mol. The molecule has 0 atom stereocenters. The Balaban J connectivity index is 0.00000272. The molecule has 4 aromatic rings. The molecule has 1 heterocycles. The number of benzene rings is 3. The number of halogens is 3. The van der Waals surface area contributed by atoms with E-state index in [9.17, 15) is 14.3 Å². The van der Waals surface area contributed by atoms with Gasteiger partial charge in [0.25, 0.3) is 0 Å². The standard InChI is InChI=1S/C22H15BrClFN2O3.Na/c23-15-5-7-21(30-12-13-4-6-16(24)9-19(13)25)14(8-15)11-27-20-3-1-2-17(22(28)29)18(20)10-26-27;/h1-10H,11-12H2,(H,28,29);/q;+1/p-1. The molecule has 0 N–H and O–H groups in total. The van der Waals surface area contributed by atoms with Crippen LogP contribution in [0.5, 0.6) is 5.75 Å².